The van der Waals surface area contributed by atoms with Crippen LogP contribution in [0.2, 0.25) is 0 Å². The number of aliphatic hydroxyl groups is 1. The highest BCUT2D eigenvalue weighted by Gasteiger charge is 2.76. The lowest BCUT2D eigenvalue weighted by Crippen LogP contribution is -2.80. The molecule has 0 aromatic heterocycles. The smallest absolute Gasteiger partial charge is 0.174 e. The van der Waals surface area contributed by atoms with Crippen molar-refractivity contribution in [3.8, 4) is 11.5 Å². The van der Waals surface area contributed by atoms with E-state index in [1.165, 1.54) is 5.57 Å². The van der Waals surface area contributed by atoms with Gasteiger partial charge in [-0.15, -0.1) is 0 Å². The summed E-state index contributed by atoms with van der Waals surface area (Å²) in [7, 11) is 2.24. The number of likely N-dealkylation sites (N-methyl/N-ethyl adjacent to an activating group) is 1. The van der Waals surface area contributed by atoms with Crippen LogP contribution in [0.4, 0.5) is 0 Å². The first-order valence-electron chi connectivity index (χ1n) is 9.98. The second-order valence-corrected chi connectivity index (χ2v) is 9.44. The average molecular weight is 370 g/mol. The summed E-state index contributed by atoms with van der Waals surface area (Å²) in [5.74, 6) is 0.575. The summed E-state index contributed by atoms with van der Waals surface area (Å²) in [5, 5.41) is 22.6. The molecule has 27 heavy (non-hydrogen) atoms. The number of hydrogen-bond donors (Lipinski definition) is 2. The number of allylic oxidation sites excluding steroid dienone is 1. The minimum absolute atomic E-state index is 0.0176. The van der Waals surface area contributed by atoms with E-state index >= 15 is 0 Å². The predicted octanol–water partition coefficient (Wildman–Crippen LogP) is 2.23. The summed E-state index contributed by atoms with van der Waals surface area (Å²) in [5.41, 5.74) is 1.62. The molecule has 2 fully saturated rings. The number of ether oxygens (including phenoxy) is 1. The van der Waals surface area contributed by atoms with Crippen molar-refractivity contribution >= 4 is 5.78 Å². The van der Waals surface area contributed by atoms with Crippen molar-refractivity contribution in [1.29, 1.82) is 0 Å². The summed E-state index contributed by atoms with van der Waals surface area (Å²) in [6, 6.07) is 3.65. The molecule has 0 radical (unpaired) electrons. The van der Waals surface area contributed by atoms with Crippen molar-refractivity contribution in [2.24, 2.45) is 0 Å². The van der Waals surface area contributed by atoms with Crippen LogP contribution in [0.5, 0.6) is 11.5 Å². The molecule has 2 N–H and O–H groups in total. The molecule has 2 aliphatic heterocycles. The zero-order chi connectivity index (χ0) is 19.2. The molecule has 1 spiro atoms. The Balaban J connectivity index is 1.74. The van der Waals surface area contributed by atoms with Crippen LogP contribution in [0, 0.1) is 0 Å². The standard InChI is InChI=1S/C22H27NO4/c1-13(2)7-10-23(3)11-9-21-18-14-4-5-15(24)19(18)27-20(21)16(25)6-8-22(21,26)17(23)12-14/h4-5,7,17,20,26H,6,8-12H2,1-3H3/p+1/t17-,20+,21+,22?,23-/m1/s1. The molecule has 2 heterocycles. The van der Waals surface area contributed by atoms with Crippen LogP contribution in [0.3, 0.4) is 0 Å². The van der Waals surface area contributed by atoms with Crippen molar-refractivity contribution in [3.63, 3.8) is 0 Å². The third-order valence-electron chi connectivity index (χ3n) is 7.82. The highest BCUT2D eigenvalue weighted by atomic mass is 16.5. The first-order valence-corrected chi connectivity index (χ1v) is 9.98. The van der Waals surface area contributed by atoms with Crippen LogP contribution in [0.1, 0.15) is 44.2 Å². The van der Waals surface area contributed by atoms with Gasteiger partial charge < -0.3 is 19.4 Å². The third-order valence-corrected chi connectivity index (χ3v) is 7.82. The second-order valence-electron chi connectivity index (χ2n) is 9.44. The molecule has 2 bridgehead atoms. The van der Waals surface area contributed by atoms with Gasteiger partial charge in [0.2, 0.25) is 0 Å². The molecule has 5 rings (SSSR count). The van der Waals surface area contributed by atoms with Gasteiger partial charge in [0, 0.05) is 24.8 Å². The van der Waals surface area contributed by atoms with E-state index in [2.05, 4.69) is 27.0 Å². The van der Waals surface area contributed by atoms with Gasteiger partial charge in [-0.3, -0.25) is 4.79 Å². The van der Waals surface area contributed by atoms with Gasteiger partial charge in [0.05, 0.1) is 25.6 Å². The fraction of sp³-hybridized carbons (Fsp3) is 0.591. The maximum atomic E-state index is 12.8. The van der Waals surface area contributed by atoms with Gasteiger partial charge in [-0.1, -0.05) is 11.6 Å². The molecular formula is C22H28NO4+. The molecule has 0 amide bonds. The molecule has 1 unspecified atom stereocenters. The largest absolute Gasteiger partial charge is 0.504 e. The first-order chi connectivity index (χ1) is 12.7. The third kappa shape index (κ3) is 1.89. The molecule has 2 aliphatic carbocycles. The monoisotopic (exact) mass is 370 g/mol. The van der Waals surface area contributed by atoms with Crippen molar-refractivity contribution in [1.82, 2.24) is 0 Å². The van der Waals surface area contributed by atoms with E-state index in [-0.39, 0.29) is 17.6 Å². The van der Waals surface area contributed by atoms with Crippen molar-refractivity contribution in [3.05, 3.63) is 34.9 Å². The fourth-order valence-corrected chi connectivity index (χ4v) is 6.44. The van der Waals surface area contributed by atoms with Gasteiger partial charge in [0.15, 0.2) is 23.4 Å². The number of likely N-dealkylation sites (tertiary alicyclic amines) is 1. The lowest BCUT2D eigenvalue weighted by atomic mass is 9.48. The van der Waals surface area contributed by atoms with Crippen LogP contribution >= 0.6 is 0 Å². The second kappa shape index (κ2) is 5.15. The zero-order valence-corrected chi connectivity index (χ0v) is 16.3. The molecule has 1 saturated carbocycles. The van der Waals surface area contributed by atoms with E-state index in [1.54, 1.807) is 6.07 Å². The number of carbonyl (C=O) groups excluding carboxylic acids is 1. The Morgan fingerprint density at radius 1 is 1.37 bits per heavy atom. The Labute approximate surface area is 159 Å². The minimum atomic E-state index is -0.986. The number of nitrogens with zero attached hydrogens (tertiary/aromatic N) is 1. The van der Waals surface area contributed by atoms with E-state index in [4.69, 9.17) is 4.74 Å². The number of rotatable bonds is 2. The van der Waals surface area contributed by atoms with Crippen LogP contribution in [-0.2, 0) is 16.6 Å². The predicted molar refractivity (Wildman–Crippen MR) is 101 cm³/mol. The van der Waals surface area contributed by atoms with Gasteiger partial charge in [-0.25, -0.2) is 0 Å². The Morgan fingerprint density at radius 2 is 2.15 bits per heavy atom. The highest BCUT2D eigenvalue weighted by Crippen LogP contribution is 2.65. The fourth-order valence-electron chi connectivity index (χ4n) is 6.44. The van der Waals surface area contributed by atoms with Crippen molar-refractivity contribution < 1.29 is 24.2 Å². The number of piperidine rings is 1. The Bertz CT molecular complexity index is 889. The number of Topliss-reactive ketones (excluding diaryl/α,β-unsaturated/α-hetero) is 1. The number of benzene rings is 1. The van der Waals surface area contributed by atoms with E-state index < -0.39 is 17.1 Å². The van der Waals surface area contributed by atoms with Crippen LogP contribution < -0.4 is 4.74 Å². The Morgan fingerprint density at radius 3 is 2.89 bits per heavy atom. The average Bonchev–Trinajstić information content (AvgIpc) is 2.98. The number of aromatic hydroxyl groups is 1. The summed E-state index contributed by atoms with van der Waals surface area (Å²) >= 11 is 0. The van der Waals surface area contributed by atoms with Crippen molar-refractivity contribution in [2.75, 3.05) is 20.1 Å². The maximum absolute atomic E-state index is 12.8. The number of ketones is 1. The van der Waals surface area contributed by atoms with Crippen LogP contribution in [0.15, 0.2) is 23.8 Å². The number of carbonyl (C=O) groups is 1. The number of quaternary nitrogens is 1. The van der Waals surface area contributed by atoms with E-state index in [1.807, 2.05) is 6.07 Å². The molecular weight excluding hydrogens is 342 g/mol. The molecule has 4 aliphatic rings. The van der Waals surface area contributed by atoms with Crippen LogP contribution in [-0.4, -0.2) is 58.4 Å². The van der Waals surface area contributed by atoms with E-state index in [0.717, 1.165) is 35.1 Å². The normalized spacial score (nSPS) is 41.0. The van der Waals surface area contributed by atoms with Gasteiger partial charge >= 0.3 is 0 Å². The Kier molecular flexibility index (Phi) is 3.29. The number of hydrogen-bond acceptors (Lipinski definition) is 4. The topological polar surface area (TPSA) is 66.8 Å². The van der Waals surface area contributed by atoms with E-state index in [9.17, 15) is 15.0 Å². The molecule has 5 heteroatoms. The molecule has 5 nitrogen and oxygen atoms in total. The summed E-state index contributed by atoms with van der Waals surface area (Å²) in [6.45, 7) is 5.98. The highest BCUT2D eigenvalue weighted by molar-refractivity contribution is 5.90. The Hall–Kier alpha value is -1.85. The van der Waals surface area contributed by atoms with Gasteiger partial charge in [-0.2, -0.15) is 0 Å². The zero-order valence-electron chi connectivity index (χ0n) is 16.3. The summed E-state index contributed by atoms with van der Waals surface area (Å²) in [4.78, 5) is 12.8. The molecule has 5 atom stereocenters. The van der Waals surface area contributed by atoms with Crippen LogP contribution in [0.25, 0.3) is 0 Å². The van der Waals surface area contributed by atoms with Crippen molar-refractivity contribution in [2.45, 2.75) is 62.7 Å². The van der Waals surface area contributed by atoms with Gasteiger partial charge in [0.1, 0.15) is 11.6 Å². The number of phenolic OH excluding ortho intramolecular Hbond substituents is 1. The minimum Gasteiger partial charge on any atom is -0.504 e. The first kappa shape index (κ1) is 17.3. The molecule has 1 aromatic carbocycles. The summed E-state index contributed by atoms with van der Waals surface area (Å²) < 4.78 is 6.85. The molecule has 1 aromatic rings. The number of phenols is 1. The lowest BCUT2D eigenvalue weighted by molar-refractivity contribution is -0.944. The van der Waals surface area contributed by atoms with E-state index in [0.29, 0.717) is 25.0 Å². The van der Waals surface area contributed by atoms with Gasteiger partial charge in [0.25, 0.3) is 0 Å². The SMILES string of the molecule is CC(C)=CC[N@+]1(C)CC[C@]23c4c5ccc(O)c4O[C@H]2C(=O)CCC3(O)[C@H]1C5. The molecule has 144 valence electrons. The maximum Gasteiger partial charge on any atom is 0.174 e. The summed E-state index contributed by atoms with van der Waals surface area (Å²) in [6.07, 6.45) is 3.86. The quantitative estimate of drug-likeness (QED) is 0.619. The van der Waals surface area contributed by atoms with Gasteiger partial charge in [-0.05, 0) is 38.0 Å². The lowest BCUT2D eigenvalue weighted by Gasteiger charge is -2.64. The molecule has 1 saturated heterocycles.